The Labute approximate surface area is 174 Å². The van der Waals surface area contributed by atoms with Crippen molar-refractivity contribution in [2.24, 2.45) is 11.3 Å². The van der Waals surface area contributed by atoms with Crippen molar-refractivity contribution in [1.29, 1.82) is 0 Å². The normalized spacial score (nSPS) is 20.7. The van der Waals surface area contributed by atoms with Gasteiger partial charge in [0, 0.05) is 36.5 Å². The van der Waals surface area contributed by atoms with Gasteiger partial charge in [0.25, 0.3) is 0 Å². The van der Waals surface area contributed by atoms with Gasteiger partial charge < -0.3 is 19.3 Å². The SMILES string of the molecule is COc1ccc(OC)c([C@@H]2CCCN2C(=O)C2CCN(C(=O)C(C)(C)C)CC2)c1. The van der Waals surface area contributed by atoms with Gasteiger partial charge in [-0.25, -0.2) is 0 Å². The van der Waals surface area contributed by atoms with Crippen molar-refractivity contribution < 1.29 is 19.1 Å². The van der Waals surface area contributed by atoms with Gasteiger partial charge in [-0.05, 0) is 43.9 Å². The Kier molecular flexibility index (Phi) is 6.39. The summed E-state index contributed by atoms with van der Waals surface area (Å²) in [6.07, 6.45) is 3.38. The van der Waals surface area contributed by atoms with E-state index in [-0.39, 0.29) is 29.2 Å². The highest BCUT2D eigenvalue weighted by atomic mass is 16.5. The van der Waals surface area contributed by atoms with Crippen LogP contribution in [0, 0.1) is 11.3 Å². The number of methoxy groups -OCH3 is 2. The molecule has 0 aromatic heterocycles. The van der Waals surface area contributed by atoms with E-state index in [4.69, 9.17) is 9.47 Å². The van der Waals surface area contributed by atoms with Crippen LogP contribution in [0.5, 0.6) is 11.5 Å². The molecular formula is C23H34N2O4. The van der Waals surface area contributed by atoms with Gasteiger partial charge in [-0.1, -0.05) is 20.8 Å². The van der Waals surface area contributed by atoms with Gasteiger partial charge in [-0.15, -0.1) is 0 Å². The molecule has 2 fully saturated rings. The zero-order valence-corrected chi connectivity index (χ0v) is 18.4. The Bertz CT molecular complexity index is 748. The van der Waals surface area contributed by atoms with Gasteiger partial charge in [0.2, 0.25) is 11.8 Å². The number of amides is 2. The molecule has 3 rings (SSSR count). The number of ether oxygens (including phenoxy) is 2. The van der Waals surface area contributed by atoms with Crippen LogP contribution < -0.4 is 9.47 Å². The quantitative estimate of drug-likeness (QED) is 0.771. The van der Waals surface area contributed by atoms with E-state index >= 15 is 0 Å². The number of hydrogen-bond acceptors (Lipinski definition) is 4. The van der Waals surface area contributed by atoms with Crippen LogP contribution >= 0.6 is 0 Å². The van der Waals surface area contributed by atoms with Gasteiger partial charge in [0.15, 0.2) is 0 Å². The minimum absolute atomic E-state index is 0.0155. The van der Waals surface area contributed by atoms with Crippen molar-refractivity contribution in [1.82, 2.24) is 9.80 Å². The van der Waals surface area contributed by atoms with E-state index in [1.54, 1.807) is 14.2 Å². The van der Waals surface area contributed by atoms with Crippen molar-refractivity contribution >= 4 is 11.8 Å². The second-order valence-electron chi connectivity index (χ2n) is 9.11. The fraction of sp³-hybridized carbons (Fsp3) is 0.652. The third-order valence-corrected chi connectivity index (χ3v) is 6.10. The minimum atomic E-state index is -0.375. The smallest absolute Gasteiger partial charge is 0.227 e. The van der Waals surface area contributed by atoms with Crippen molar-refractivity contribution in [3.05, 3.63) is 23.8 Å². The average molecular weight is 403 g/mol. The van der Waals surface area contributed by atoms with Crippen LogP contribution in [-0.4, -0.2) is 55.5 Å². The van der Waals surface area contributed by atoms with Crippen LogP contribution in [0.2, 0.25) is 0 Å². The molecule has 1 aromatic carbocycles. The van der Waals surface area contributed by atoms with Crippen LogP contribution in [0.25, 0.3) is 0 Å². The molecule has 160 valence electrons. The van der Waals surface area contributed by atoms with E-state index in [0.29, 0.717) is 13.1 Å². The third-order valence-electron chi connectivity index (χ3n) is 6.10. The highest BCUT2D eigenvalue weighted by molar-refractivity contribution is 5.83. The summed E-state index contributed by atoms with van der Waals surface area (Å²) in [6.45, 7) is 7.93. The summed E-state index contributed by atoms with van der Waals surface area (Å²) in [4.78, 5) is 29.8. The molecule has 0 radical (unpaired) electrons. The van der Waals surface area contributed by atoms with E-state index in [1.807, 2.05) is 48.8 Å². The number of piperidine rings is 1. The number of benzene rings is 1. The maximum Gasteiger partial charge on any atom is 0.227 e. The predicted molar refractivity (Wildman–Crippen MR) is 112 cm³/mol. The van der Waals surface area contributed by atoms with E-state index in [1.165, 1.54) is 0 Å². The summed E-state index contributed by atoms with van der Waals surface area (Å²) in [5.41, 5.74) is 0.637. The molecule has 6 heteroatoms. The zero-order valence-electron chi connectivity index (χ0n) is 18.4. The molecule has 1 aromatic rings. The number of carbonyl (C=O) groups is 2. The number of carbonyl (C=O) groups excluding carboxylic acids is 2. The first-order chi connectivity index (χ1) is 13.8. The maximum absolute atomic E-state index is 13.4. The van der Waals surface area contributed by atoms with Crippen LogP contribution in [0.3, 0.4) is 0 Å². The van der Waals surface area contributed by atoms with Crippen molar-refractivity contribution in [2.75, 3.05) is 33.9 Å². The fourth-order valence-electron chi connectivity index (χ4n) is 4.49. The molecule has 2 aliphatic rings. The van der Waals surface area contributed by atoms with Gasteiger partial charge >= 0.3 is 0 Å². The molecule has 2 aliphatic heterocycles. The van der Waals surface area contributed by atoms with E-state index in [9.17, 15) is 9.59 Å². The number of rotatable bonds is 4. The second-order valence-corrected chi connectivity index (χ2v) is 9.11. The van der Waals surface area contributed by atoms with Crippen LogP contribution in [0.1, 0.15) is 58.1 Å². The molecule has 2 heterocycles. The lowest BCUT2D eigenvalue weighted by Crippen LogP contribution is -2.47. The Hall–Kier alpha value is -2.24. The summed E-state index contributed by atoms with van der Waals surface area (Å²) >= 11 is 0. The van der Waals surface area contributed by atoms with E-state index in [0.717, 1.165) is 49.3 Å². The average Bonchev–Trinajstić information content (AvgIpc) is 3.21. The molecule has 1 atom stereocenters. The summed E-state index contributed by atoms with van der Waals surface area (Å²) in [6, 6.07) is 5.79. The van der Waals surface area contributed by atoms with Crippen LogP contribution in [-0.2, 0) is 9.59 Å². The predicted octanol–water partition coefficient (Wildman–Crippen LogP) is 3.65. The van der Waals surface area contributed by atoms with Gasteiger partial charge in [-0.2, -0.15) is 0 Å². The van der Waals surface area contributed by atoms with Crippen molar-refractivity contribution in [3.63, 3.8) is 0 Å². The molecule has 2 amide bonds. The van der Waals surface area contributed by atoms with Crippen LogP contribution in [0.4, 0.5) is 0 Å². The summed E-state index contributed by atoms with van der Waals surface area (Å²) in [5, 5.41) is 0. The molecule has 29 heavy (non-hydrogen) atoms. The molecule has 0 aliphatic carbocycles. The zero-order chi connectivity index (χ0) is 21.2. The maximum atomic E-state index is 13.4. The lowest BCUT2D eigenvalue weighted by atomic mass is 9.90. The van der Waals surface area contributed by atoms with Gasteiger partial charge in [-0.3, -0.25) is 9.59 Å². The van der Waals surface area contributed by atoms with Crippen LogP contribution in [0.15, 0.2) is 18.2 Å². The Balaban J connectivity index is 1.71. The first-order valence-electron chi connectivity index (χ1n) is 10.6. The lowest BCUT2D eigenvalue weighted by Gasteiger charge is -2.37. The number of nitrogens with zero attached hydrogens (tertiary/aromatic N) is 2. The fourth-order valence-corrected chi connectivity index (χ4v) is 4.49. The minimum Gasteiger partial charge on any atom is -0.497 e. The second kappa shape index (κ2) is 8.64. The Morgan fingerprint density at radius 3 is 2.28 bits per heavy atom. The lowest BCUT2D eigenvalue weighted by molar-refractivity contribution is -0.145. The molecule has 6 nitrogen and oxygen atoms in total. The van der Waals surface area contributed by atoms with Gasteiger partial charge in [0.1, 0.15) is 11.5 Å². The largest absolute Gasteiger partial charge is 0.497 e. The topological polar surface area (TPSA) is 59.1 Å². The van der Waals surface area contributed by atoms with E-state index in [2.05, 4.69) is 0 Å². The standard InChI is InChI=1S/C23H34N2O4/c1-23(2,3)22(27)24-13-10-16(11-14-24)21(26)25-12-6-7-19(25)18-15-17(28-4)8-9-20(18)29-5/h8-9,15-16,19H,6-7,10-14H2,1-5H3/t19-/m0/s1. The van der Waals surface area contributed by atoms with Gasteiger partial charge in [0.05, 0.1) is 20.3 Å². The summed E-state index contributed by atoms with van der Waals surface area (Å²) < 4.78 is 11.0. The third kappa shape index (κ3) is 4.51. The van der Waals surface area contributed by atoms with E-state index < -0.39 is 0 Å². The molecule has 0 bridgehead atoms. The molecule has 0 saturated carbocycles. The van der Waals surface area contributed by atoms with Crippen molar-refractivity contribution in [2.45, 2.75) is 52.5 Å². The van der Waals surface area contributed by atoms with Crippen molar-refractivity contribution in [3.8, 4) is 11.5 Å². The molecule has 0 unspecified atom stereocenters. The Morgan fingerprint density at radius 2 is 1.69 bits per heavy atom. The molecule has 0 spiro atoms. The highest BCUT2D eigenvalue weighted by Gasteiger charge is 2.38. The monoisotopic (exact) mass is 402 g/mol. The number of likely N-dealkylation sites (tertiary alicyclic amines) is 2. The molecular weight excluding hydrogens is 368 g/mol. The number of hydrogen-bond donors (Lipinski definition) is 0. The first-order valence-corrected chi connectivity index (χ1v) is 10.6. The summed E-state index contributed by atoms with van der Waals surface area (Å²) in [5.74, 6) is 1.93. The first kappa shape index (κ1) is 21.5. The molecule has 2 saturated heterocycles. The molecule has 0 N–H and O–H groups in total. The Morgan fingerprint density at radius 1 is 1.00 bits per heavy atom. The highest BCUT2D eigenvalue weighted by Crippen LogP contribution is 2.40. The summed E-state index contributed by atoms with van der Waals surface area (Å²) in [7, 11) is 3.31.